The highest BCUT2D eigenvalue weighted by Crippen LogP contribution is 2.28. The van der Waals surface area contributed by atoms with Crippen LogP contribution in [0.25, 0.3) is 0 Å². The van der Waals surface area contributed by atoms with Crippen molar-refractivity contribution in [2.45, 2.75) is 13.8 Å². The number of nitrogens with one attached hydrogen (secondary N) is 1. The number of carbonyl (C=O) groups excluding carboxylic acids is 2. The second-order valence-electron chi connectivity index (χ2n) is 3.94. The fourth-order valence-corrected chi connectivity index (χ4v) is 3.84. The van der Waals surface area contributed by atoms with E-state index in [-0.39, 0.29) is 11.9 Å². The van der Waals surface area contributed by atoms with Gasteiger partial charge in [-0.25, -0.2) is 4.79 Å². The van der Waals surface area contributed by atoms with E-state index in [0.29, 0.717) is 22.0 Å². The molecule has 0 saturated carbocycles. The van der Waals surface area contributed by atoms with Gasteiger partial charge in [0, 0.05) is 5.38 Å². The SMILES string of the molecule is CCOC(=O)c1sc(NC(=O)c2csc(I)c2)cc1C. The second-order valence-corrected chi connectivity index (χ2v) is 7.79. The third-order valence-electron chi connectivity index (χ3n) is 2.44. The maximum atomic E-state index is 12.0. The third-order valence-corrected chi connectivity index (χ3v) is 5.37. The molecular formula is C13H12INO3S2. The van der Waals surface area contributed by atoms with E-state index in [2.05, 4.69) is 27.9 Å². The van der Waals surface area contributed by atoms with E-state index in [1.807, 2.05) is 18.4 Å². The lowest BCUT2D eigenvalue weighted by atomic mass is 10.3. The summed E-state index contributed by atoms with van der Waals surface area (Å²) in [6.45, 7) is 3.93. The van der Waals surface area contributed by atoms with Crippen LogP contribution in [0.3, 0.4) is 0 Å². The van der Waals surface area contributed by atoms with E-state index in [9.17, 15) is 9.59 Å². The average Bonchev–Trinajstić information content (AvgIpc) is 2.96. The van der Waals surface area contributed by atoms with E-state index in [1.165, 1.54) is 22.7 Å². The van der Waals surface area contributed by atoms with Crippen LogP contribution in [-0.4, -0.2) is 18.5 Å². The predicted octanol–water partition coefficient (Wildman–Crippen LogP) is 4.15. The van der Waals surface area contributed by atoms with Gasteiger partial charge in [-0.2, -0.15) is 0 Å². The number of ether oxygens (including phenoxy) is 1. The maximum absolute atomic E-state index is 12.0. The number of thiophene rings is 2. The minimum absolute atomic E-state index is 0.166. The summed E-state index contributed by atoms with van der Waals surface area (Å²) in [5.41, 5.74) is 1.44. The molecule has 2 heterocycles. The zero-order valence-corrected chi connectivity index (χ0v) is 14.6. The minimum atomic E-state index is -0.347. The predicted molar refractivity (Wildman–Crippen MR) is 90.0 cm³/mol. The van der Waals surface area contributed by atoms with E-state index in [1.54, 1.807) is 13.0 Å². The number of carbonyl (C=O) groups is 2. The summed E-state index contributed by atoms with van der Waals surface area (Å²) in [6.07, 6.45) is 0. The standard InChI is InChI=1S/C13H12INO3S2/c1-3-18-13(17)11-7(2)4-10(20-11)15-12(16)8-5-9(14)19-6-8/h4-6H,3H2,1-2H3,(H,15,16). The molecule has 0 aliphatic carbocycles. The molecule has 0 aliphatic heterocycles. The van der Waals surface area contributed by atoms with E-state index >= 15 is 0 Å². The summed E-state index contributed by atoms with van der Waals surface area (Å²) >= 11 is 4.92. The first-order valence-electron chi connectivity index (χ1n) is 5.84. The molecule has 0 atom stereocenters. The Labute approximate surface area is 138 Å². The van der Waals surface area contributed by atoms with Gasteiger partial charge in [-0.1, -0.05) is 0 Å². The van der Waals surface area contributed by atoms with Crippen molar-refractivity contribution in [1.29, 1.82) is 0 Å². The molecule has 0 spiro atoms. The minimum Gasteiger partial charge on any atom is -0.462 e. The van der Waals surface area contributed by atoms with Crippen molar-refractivity contribution in [1.82, 2.24) is 0 Å². The fourth-order valence-electron chi connectivity index (χ4n) is 1.56. The molecule has 20 heavy (non-hydrogen) atoms. The molecule has 7 heteroatoms. The van der Waals surface area contributed by atoms with Gasteiger partial charge in [0.15, 0.2) is 0 Å². The Morgan fingerprint density at radius 1 is 1.40 bits per heavy atom. The molecule has 0 fully saturated rings. The Morgan fingerprint density at radius 2 is 2.15 bits per heavy atom. The van der Waals surface area contributed by atoms with E-state index in [4.69, 9.17) is 4.74 Å². The van der Waals surface area contributed by atoms with Crippen LogP contribution in [0.1, 0.15) is 32.5 Å². The van der Waals surface area contributed by atoms with Crippen molar-refractivity contribution in [3.63, 3.8) is 0 Å². The molecule has 0 saturated heterocycles. The fraction of sp³-hybridized carbons (Fsp3) is 0.231. The van der Waals surface area contributed by atoms with Gasteiger partial charge in [-0.05, 0) is 54.1 Å². The lowest BCUT2D eigenvalue weighted by Gasteiger charge is -2.00. The molecule has 1 amide bonds. The summed E-state index contributed by atoms with van der Waals surface area (Å²) in [5.74, 6) is -0.513. The van der Waals surface area contributed by atoms with Crippen LogP contribution in [0.4, 0.5) is 5.00 Å². The van der Waals surface area contributed by atoms with Gasteiger partial charge in [-0.3, -0.25) is 4.79 Å². The van der Waals surface area contributed by atoms with Crippen molar-refractivity contribution in [2.75, 3.05) is 11.9 Å². The number of aryl methyl sites for hydroxylation is 1. The lowest BCUT2D eigenvalue weighted by Crippen LogP contribution is -2.09. The number of amides is 1. The van der Waals surface area contributed by atoms with Crippen molar-refractivity contribution >= 4 is 62.1 Å². The first-order chi connectivity index (χ1) is 9.51. The quantitative estimate of drug-likeness (QED) is 0.596. The van der Waals surface area contributed by atoms with Gasteiger partial charge in [-0.15, -0.1) is 22.7 Å². The number of halogens is 1. The Kier molecular flexibility index (Phi) is 5.17. The second kappa shape index (κ2) is 6.68. The summed E-state index contributed by atoms with van der Waals surface area (Å²) in [4.78, 5) is 24.3. The Balaban J connectivity index is 2.12. The number of hydrogen-bond donors (Lipinski definition) is 1. The average molecular weight is 421 g/mol. The highest BCUT2D eigenvalue weighted by atomic mass is 127. The highest BCUT2D eigenvalue weighted by Gasteiger charge is 2.16. The van der Waals surface area contributed by atoms with Gasteiger partial charge in [0.1, 0.15) is 4.88 Å². The van der Waals surface area contributed by atoms with E-state index < -0.39 is 0 Å². The molecule has 0 bridgehead atoms. The third kappa shape index (κ3) is 3.58. The molecule has 106 valence electrons. The first kappa shape index (κ1) is 15.5. The van der Waals surface area contributed by atoms with Crippen molar-refractivity contribution in [3.05, 3.63) is 36.4 Å². The lowest BCUT2D eigenvalue weighted by molar-refractivity contribution is 0.0531. The van der Waals surface area contributed by atoms with Crippen LogP contribution in [0.5, 0.6) is 0 Å². The summed E-state index contributed by atoms with van der Waals surface area (Å²) in [7, 11) is 0. The van der Waals surface area contributed by atoms with Crippen molar-refractivity contribution < 1.29 is 14.3 Å². The van der Waals surface area contributed by atoms with Crippen LogP contribution in [-0.2, 0) is 4.74 Å². The summed E-state index contributed by atoms with van der Waals surface area (Å²) in [6, 6.07) is 3.61. The van der Waals surface area contributed by atoms with Crippen LogP contribution in [0.15, 0.2) is 17.5 Å². The van der Waals surface area contributed by atoms with E-state index in [0.717, 1.165) is 8.45 Å². The van der Waals surface area contributed by atoms with Gasteiger partial charge >= 0.3 is 5.97 Å². The molecule has 2 aromatic rings. The van der Waals surface area contributed by atoms with Gasteiger partial charge in [0.2, 0.25) is 0 Å². The molecule has 2 aromatic heterocycles. The Hall–Kier alpha value is -0.930. The number of rotatable bonds is 4. The topological polar surface area (TPSA) is 55.4 Å². The molecule has 0 unspecified atom stereocenters. The number of hydrogen-bond acceptors (Lipinski definition) is 5. The summed E-state index contributed by atoms with van der Waals surface area (Å²) in [5, 5.41) is 5.26. The largest absolute Gasteiger partial charge is 0.462 e. The van der Waals surface area contributed by atoms with Crippen molar-refractivity contribution in [2.24, 2.45) is 0 Å². The molecule has 2 rings (SSSR count). The van der Waals surface area contributed by atoms with Crippen LogP contribution < -0.4 is 5.32 Å². The number of anilines is 1. The molecule has 0 aromatic carbocycles. The van der Waals surface area contributed by atoms with Gasteiger partial charge in [0.05, 0.1) is 20.1 Å². The Bertz CT molecular complexity index is 648. The monoisotopic (exact) mass is 421 g/mol. The Morgan fingerprint density at radius 3 is 2.75 bits per heavy atom. The maximum Gasteiger partial charge on any atom is 0.348 e. The molecule has 4 nitrogen and oxygen atoms in total. The zero-order valence-electron chi connectivity index (χ0n) is 10.9. The van der Waals surface area contributed by atoms with Gasteiger partial charge in [0.25, 0.3) is 5.91 Å². The number of esters is 1. The molecule has 1 N–H and O–H groups in total. The normalized spacial score (nSPS) is 10.3. The molecule has 0 aliphatic rings. The zero-order chi connectivity index (χ0) is 14.7. The van der Waals surface area contributed by atoms with Crippen LogP contribution in [0.2, 0.25) is 0 Å². The smallest absolute Gasteiger partial charge is 0.348 e. The first-order valence-corrected chi connectivity index (χ1v) is 8.61. The molecule has 0 radical (unpaired) electrons. The van der Waals surface area contributed by atoms with Crippen LogP contribution in [0, 0.1) is 9.81 Å². The van der Waals surface area contributed by atoms with Crippen molar-refractivity contribution in [3.8, 4) is 0 Å². The van der Waals surface area contributed by atoms with Gasteiger partial charge < -0.3 is 10.1 Å². The highest BCUT2D eigenvalue weighted by molar-refractivity contribution is 14.1. The van der Waals surface area contributed by atoms with Crippen LogP contribution >= 0.6 is 45.3 Å². The molecular weight excluding hydrogens is 409 g/mol. The summed E-state index contributed by atoms with van der Waals surface area (Å²) < 4.78 is 6.03.